The maximum Gasteiger partial charge on any atom is 0.334 e. The minimum absolute atomic E-state index is 0.0598. The predicted octanol–water partition coefficient (Wildman–Crippen LogP) is 4.50. The van der Waals surface area contributed by atoms with Crippen LogP contribution in [0, 0.1) is 17.0 Å². The lowest BCUT2D eigenvalue weighted by Gasteiger charge is -2.15. The fourth-order valence-corrected chi connectivity index (χ4v) is 3.16. The summed E-state index contributed by atoms with van der Waals surface area (Å²) in [6, 6.07) is 16.3. The van der Waals surface area contributed by atoms with Crippen molar-refractivity contribution in [2.75, 3.05) is 7.11 Å². The summed E-state index contributed by atoms with van der Waals surface area (Å²) >= 11 is 0. The predicted molar refractivity (Wildman–Crippen MR) is 103 cm³/mol. The molecule has 1 aromatic heterocycles. The molecule has 28 heavy (non-hydrogen) atoms. The van der Waals surface area contributed by atoms with Crippen molar-refractivity contribution in [1.82, 2.24) is 5.16 Å². The Balaban J connectivity index is 1.87. The third-order valence-electron chi connectivity index (χ3n) is 4.63. The molecule has 7 heteroatoms. The van der Waals surface area contributed by atoms with E-state index in [1.807, 2.05) is 30.3 Å². The van der Waals surface area contributed by atoms with Crippen LogP contribution in [0.2, 0.25) is 0 Å². The zero-order valence-electron chi connectivity index (χ0n) is 15.6. The SMILES string of the molecule is COc1ccc(C(=O)C[C@H](Cc2onc(C)c2[N+](=O)[O-])c2ccccc2)cc1. The Kier molecular flexibility index (Phi) is 5.84. The minimum Gasteiger partial charge on any atom is -0.497 e. The van der Waals surface area contributed by atoms with Crippen molar-refractivity contribution in [3.05, 3.63) is 87.3 Å². The number of aromatic nitrogens is 1. The molecular weight excluding hydrogens is 360 g/mol. The van der Waals surface area contributed by atoms with E-state index in [4.69, 9.17) is 9.26 Å². The van der Waals surface area contributed by atoms with E-state index in [-0.39, 0.29) is 41.7 Å². The first-order valence-electron chi connectivity index (χ1n) is 8.81. The zero-order valence-corrected chi connectivity index (χ0v) is 15.6. The van der Waals surface area contributed by atoms with Gasteiger partial charge in [-0.15, -0.1) is 0 Å². The summed E-state index contributed by atoms with van der Waals surface area (Å²) in [5.74, 6) is 0.514. The van der Waals surface area contributed by atoms with Gasteiger partial charge in [0.1, 0.15) is 5.75 Å². The topological polar surface area (TPSA) is 95.5 Å². The van der Waals surface area contributed by atoms with Crippen molar-refractivity contribution in [3.63, 3.8) is 0 Å². The van der Waals surface area contributed by atoms with E-state index in [9.17, 15) is 14.9 Å². The number of methoxy groups -OCH3 is 1. The molecule has 0 saturated carbocycles. The van der Waals surface area contributed by atoms with Gasteiger partial charge in [0.2, 0.25) is 5.76 Å². The fourth-order valence-electron chi connectivity index (χ4n) is 3.16. The normalized spacial score (nSPS) is 11.8. The number of hydrogen-bond acceptors (Lipinski definition) is 6. The molecule has 3 aromatic rings. The number of hydrogen-bond donors (Lipinski definition) is 0. The van der Waals surface area contributed by atoms with Crippen LogP contribution in [0.15, 0.2) is 59.1 Å². The number of Topliss-reactive ketones (excluding diaryl/α,β-unsaturated/α-hetero) is 1. The molecule has 0 unspecified atom stereocenters. The first-order valence-corrected chi connectivity index (χ1v) is 8.81. The highest BCUT2D eigenvalue weighted by Crippen LogP contribution is 2.31. The molecule has 2 aromatic carbocycles. The van der Waals surface area contributed by atoms with Gasteiger partial charge in [0.25, 0.3) is 0 Å². The fraction of sp³-hybridized carbons (Fsp3) is 0.238. The Labute approximate surface area is 162 Å². The van der Waals surface area contributed by atoms with Crippen molar-refractivity contribution in [3.8, 4) is 5.75 Å². The van der Waals surface area contributed by atoms with Crippen molar-refractivity contribution in [1.29, 1.82) is 0 Å². The highest BCUT2D eigenvalue weighted by atomic mass is 16.6. The molecule has 0 bridgehead atoms. The molecule has 0 aliphatic heterocycles. The van der Waals surface area contributed by atoms with Crippen molar-refractivity contribution in [2.24, 2.45) is 0 Å². The van der Waals surface area contributed by atoms with Crippen LogP contribution in [0.3, 0.4) is 0 Å². The Morgan fingerprint density at radius 1 is 1.18 bits per heavy atom. The monoisotopic (exact) mass is 380 g/mol. The molecule has 1 heterocycles. The van der Waals surface area contributed by atoms with E-state index in [2.05, 4.69) is 5.16 Å². The maximum atomic E-state index is 12.8. The van der Waals surface area contributed by atoms with Gasteiger partial charge in [0, 0.05) is 18.4 Å². The smallest absolute Gasteiger partial charge is 0.334 e. The highest BCUT2D eigenvalue weighted by Gasteiger charge is 2.28. The van der Waals surface area contributed by atoms with Gasteiger partial charge in [-0.3, -0.25) is 14.9 Å². The van der Waals surface area contributed by atoms with Crippen LogP contribution in [-0.4, -0.2) is 23.0 Å². The number of rotatable bonds is 8. The summed E-state index contributed by atoms with van der Waals surface area (Å²) in [6.07, 6.45) is 0.399. The molecule has 0 spiro atoms. The van der Waals surface area contributed by atoms with Crippen LogP contribution >= 0.6 is 0 Å². The maximum absolute atomic E-state index is 12.8. The lowest BCUT2D eigenvalue weighted by molar-refractivity contribution is -0.386. The van der Waals surface area contributed by atoms with Gasteiger partial charge in [-0.25, -0.2) is 0 Å². The third kappa shape index (κ3) is 4.25. The Morgan fingerprint density at radius 3 is 2.46 bits per heavy atom. The summed E-state index contributed by atoms with van der Waals surface area (Å²) in [5.41, 5.74) is 1.57. The van der Waals surface area contributed by atoms with Crippen LogP contribution in [0.4, 0.5) is 5.69 Å². The van der Waals surface area contributed by atoms with Crippen LogP contribution in [0.5, 0.6) is 5.75 Å². The number of ketones is 1. The van der Waals surface area contributed by atoms with E-state index in [1.165, 1.54) is 6.92 Å². The largest absolute Gasteiger partial charge is 0.497 e. The first kappa shape index (κ1) is 19.3. The summed E-state index contributed by atoms with van der Waals surface area (Å²) in [7, 11) is 1.56. The van der Waals surface area contributed by atoms with E-state index >= 15 is 0 Å². The molecule has 0 N–H and O–H groups in total. The quantitative estimate of drug-likeness (QED) is 0.324. The van der Waals surface area contributed by atoms with Gasteiger partial charge < -0.3 is 9.26 Å². The summed E-state index contributed by atoms with van der Waals surface area (Å²) in [5, 5.41) is 15.1. The Bertz CT molecular complexity index is 964. The van der Waals surface area contributed by atoms with Crippen molar-refractivity contribution < 1.29 is 19.0 Å². The Morgan fingerprint density at radius 2 is 1.86 bits per heavy atom. The van der Waals surface area contributed by atoms with E-state index < -0.39 is 4.92 Å². The number of ether oxygens (including phenoxy) is 1. The number of nitrogens with zero attached hydrogens (tertiary/aromatic N) is 2. The highest BCUT2D eigenvalue weighted by molar-refractivity contribution is 5.96. The molecule has 0 radical (unpaired) electrons. The number of carbonyl (C=O) groups is 1. The molecule has 7 nitrogen and oxygen atoms in total. The van der Waals surface area contributed by atoms with E-state index in [1.54, 1.807) is 31.4 Å². The van der Waals surface area contributed by atoms with Crippen LogP contribution in [0.25, 0.3) is 0 Å². The van der Waals surface area contributed by atoms with Gasteiger partial charge >= 0.3 is 5.69 Å². The second kappa shape index (κ2) is 8.47. The lowest BCUT2D eigenvalue weighted by atomic mass is 9.88. The van der Waals surface area contributed by atoms with E-state index in [0.717, 1.165) is 5.56 Å². The molecule has 3 rings (SSSR count). The minimum atomic E-state index is -0.492. The number of nitro groups is 1. The molecular formula is C21H20N2O5. The van der Waals surface area contributed by atoms with Gasteiger partial charge in [-0.2, -0.15) is 0 Å². The third-order valence-corrected chi connectivity index (χ3v) is 4.63. The molecule has 0 aliphatic carbocycles. The zero-order chi connectivity index (χ0) is 20.1. The van der Waals surface area contributed by atoms with E-state index in [0.29, 0.717) is 11.3 Å². The van der Waals surface area contributed by atoms with Gasteiger partial charge in [-0.05, 0) is 42.7 Å². The summed E-state index contributed by atoms with van der Waals surface area (Å²) < 4.78 is 10.3. The van der Waals surface area contributed by atoms with Crippen LogP contribution in [0.1, 0.15) is 39.7 Å². The molecule has 144 valence electrons. The molecule has 0 saturated heterocycles. The molecule has 1 atom stereocenters. The van der Waals surface area contributed by atoms with Gasteiger partial charge in [0.15, 0.2) is 11.5 Å². The summed E-state index contributed by atoms with van der Waals surface area (Å²) in [4.78, 5) is 23.7. The number of carbonyl (C=O) groups excluding carboxylic acids is 1. The van der Waals surface area contributed by atoms with Crippen molar-refractivity contribution >= 4 is 11.5 Å². The van der Waals surface area contributed by atoms with Crippen molar-refractivity contribution in [2.45, 2.75) is 25.7 Å². The van der Waals surface area contributed by atoms with Crippen LogP contribution < -0.4 is 4.74 Å². The Hall–Kier alpha value is -3.48. The second-order valence-electron chi connectivity index (χ2n) is 6.46. The van der Waals surface area contributed by atoms with Gasteiger partial charge in [-0.1, -0.05) is 35.5 Å². The molecule has 0 aliphatic rings. The lowest BCUT2D eigenvalue weighted by Crippen LogP contribution is -2.11. The van der Waals surface area contributed by atoms with Gasteiger partial charge in [0.05, 0.1) is 12.0 Å². The first-order chi connectivity index (χ1) is 13.5. The van der Waals surface area contributed by atoms with Crippen LogP contribution in [-0.2, 0) is 6.42 Å². The molecule has 0 fully saturated rings. The summed E-state index contributed by atoms with van der Waals surface area (Å²) in [6.45, 7) is 1.53. The molecule has 0 amide bonds. The number of benzene rings is 2. The second-order valence-corrected chi connectivity index (χ2v) is 6.46. The number of aryl methyl sites for hydroxylation is 1. The standard InChI is InChI=1S/C21H20N2O5/c1-14-21(23(25)26)20(28-22-14)13-17(15-6-4-3-5-7-15)12-19(24)16-8-10-18(27-2)11-9-16/h3-11,17H,12-13H2,1-2H3/t17-/m1/s1. The average Bonchev–Trinajstić information content (AvgIpc) is 3.08. The average molecular weight is 380 g/mol.